The van der Waals surface area contributed by atoms with Crippen LogP contribution in [0.5, 0.6) is 5.75 Å². The third-order valence-electron chi connectivity index (χ3n) is 7.10. The largest absolute Gasteiger partial charge is 0.482 e. The first-order valence-corrected chi connectivity index (χ1v) is 14.2. The maximum absolute atomic E-state index is 12.6. The summed E-state index contributed by atoms with van der Waals surface area (Å²) in [5, 5.41) is 21.6. The zero-order valence-electron chi connectivity index (χ0n) is 23.4. The van der Waals surface area contributed by atoms with Crippen LogP contribution in [0, 0.1) is 23.2 Å². The molecule has 1 aromatic carbocycles. The summed E-state index contributed by atoms with van der Waals surface area (Å²) in [6.07, 6.45) is 8.13. The third-order valence-corrected chi connectivity index (χ3v) is 7.29. The van der Waals surface area contributed by atoms with Crippen molar-refractivity contribution >= 4 is 34.2 Å². The summed E-state index contributed by atoms with van der Waals surface area (Å²) in [4.78, 5) is 27.3. The quantitative estimate of drug-likeness (QED) is 0.339. The van der Waals surface area contributed by atoms with Crippen LogP contribution >= 0.6 is 11.6 Å². The maximum atomic E-state index is 12.6. The molecular formula is C30H33ClN8O2. The molecule has 0 saturated carbocycles. The Kier molecular flexibility index (Phi) is 8.76. The average molecular weight is 573 g/mol. The minimum absolute atomic E-state index is 0.106. The summed E-state index contributed by atoms with van der Waals surface area (Å²) >= 11 is 5.88. The van der Waals surface area contributed by atoms with Gasteiger partial charge in [-0.15, -0.1) is 0 Å². The molecule has 11 heteroatoms. The number of piperidine rings is 1. The molecule has 5 heterocycles. The molecule has 2 N–H and O–H groups in total. The van der Waals surface area contributed by atoms with E-state index in [1.165, 1.54) is 38.3 Å². The van der Waals surface area contributed by atoms with E-state index in [1.807, 2.05) is 18.2 Å². The Bertz CT molecular complexity index is 1570. The van der Waals surface area contributed by atoms with Crippen LogP contribution in [-0.2, 0) is 17.8 Å². The minimum Gasteiger partial charge on any atom is -0.482 e. The van der Waals surface area contributed by atoms with E-state index in [-0.39, 0.29) is 19.1 Å². The second-order valence-corrected chi connectivity index (χ2v) is 11.3. The molecular weight excluding hydrogens is 540 g/mol. The van der Waals surface area contributed by atoms with E-state index in [0.717, 1.165) is 28.1 Å². The normalized spacial score (nSPS) is 16.5. The zero-order valence-corrected chi connectivity index (χ0v) is 24.2. The van der Waals surface area contributed by atoms with Crippen molar-refractivity contribution < 1.29 is 9.53 Å². The van der Waals surface area contributed by atoms with Gasteiger partial charge in [-0.25, -0.2) is 15.0 Å². The highest BCUT2D eigenvalue weighted by molar-refractivity contribution is 6.30. The number of aromatic nitrogens is 5. The summed E-state index contributed by atoms with van der Waals surface area (Å²) in [7, 11) is 0. The van der Waals surface area contributed by atoms with Gasteiger partial charge in [-0.05, 0) is 61.9 Å². The maximum Gasteiger partial charge on any atom is 0.265 e. The molecule has 1 unspecified atom stereocenters. The topological polar surface area (TPSA) is 133 Å². The second-order valence-electron chi connectivity index (χ2n) is 10.9. The lowest BCUT2D eigenvalue weighted by Gasteiger charge is -2.29. The number of hydrogen-bond donors (Lipinski definition) is 2. The van der Waals surface area contributed by atoms with Crippen LogP contribution in [0.15, 0.2) is 36.8 Å². The molecule has 10 nitrogen and oxygen atoms in total. The van der Waals surface area contributed by atoms with Crippen molar-refractivity contribution in [2.24, 2.45) is 11.8 Å². The van der Waals surface area contributed by atoms with Crippen molar-refractivity contribution in [3.63, 3.8) is 0 Å². The van der Waals surface area contributed by atoms with Gasteiger partial charge in [0.1, 0.15) is 17.6 Å². The van der Waals surface area contributed by atoms with E-state index in [9.17, 15) is 10.1 Å². The highest BCUT2D eigenvalue weighted by atomic mass is 35.5. The number of rotatable bonds is 5. The van der Waals surface area contributed by atoms with Gasteiger partial charge in [-0.2, -0.15) is 10.4 Å². The molecule has 1 amide bonds. The van der Waals surface area contributed by atoms with Gasteiger partial charge in [-0.3, -0.25) is 14.8 Å². The number of benzene rings is 1. The predicted octanol–water partition coefficient (Wildman–Crippen LogP) is 5.07. The van der Waals surface area contributed by atoms with Gasteiger partial charge in [0.25, 0.3) is 5.91 Å². The number of ether oxygens (including phenoxy) is 1. The predicted molar refractivity (Wildman–Crippen MR) is 158 cm³/mol. The molecule has 6 rings (SSSR count). The Morgan fingerprint density at radius 3 is 2.71 bits per heavy atom. The van der Waals surface area contributed by atoms with Gasteiger partial charge in [0.05, 0.1) is 34.7 Å². The molecule has 1 fully saturated rings. The number of amides is 1. The first-order valence-electron chi connectivity index (χ1n) is 13.8. The van der Waals surface area contributed by atoms with Crippen LogP contribution in [0.4, 0.5) is 5.69 Å². The van der Waals surface area contributed by atoms with E-state index in [1.54, 1.807) is 11.1 Å². The average Bonchev–Trinajstić information content (AvgIpc) is 3.43. The molecule has 2 aliphatic heterocycles. The van der Waals surface area contributed by atoms with Crippen molar-refractivity contribution in [3.8, 4) is 22.9 Å². The summed E-state index contributed by atoms with van der Waals surface area (Å²) in [6, 6.07) is 7.88. The molecule has 4 aromatic rings. The lowest BCUT2D eigenvalue weighted by molar-refractivity contribution is -0.121. The summed E-state index contributed by atoms with van der Waals surface area (Å²) < 4.78 is 5.77. The number of nitrogens with one attached hydrogen (secondary N) is 2. The number of aromatic amines is 1. The minimum atomic E-state index is -0.197. The van der Waals surface area contributed by atoms with Crippen molar-refractivity contribution in [1.82, 2.24) is 30.5 Å². The molecule has 41 heavy (non-hydrogen) atoms. The molecule has 1 saturated heterocycles. The molecule has 2 aliphatic rings. The van der Waals surface area contributed by atoms with E-state index in [2.05, 4.69) is 57.3 Å². The summed E-state index contributed by atoms with van der Waals surface area (Å²) in [5.74, 6) is 2.06. The first kappa shape index (κ1) is 28.5. The number of carbonyl (C=O) groups excluding carboxylic acids is 1. The number of carbonyl (C=O) groups is 1. The number of hydrogen-bond acceptors (Lipinski definition) is 8. The van der Waals surface area contributed by atoms with Gasteiger partial charge in [0.2, 0.25) is 0 Å². The molecule has 3 aromatic heterocycles. The van der Waals surface area contributed by atoms with Crippen LogP contribution < -0.4 is 15.0 Å². The second kappa shape index (κ2) is 12.6. The number of fused-ring (bicyclic) bond motifs is 2. The van der Waals surface area contributed by atoms with Crippen molar-refractivity contribution in [2.75, 3.05) is 24.6 Å². The van der Waals surface area contributed by atoms with Crippen molar-refractivity contribution in [2.45, 2.75) is 46.6 Å². The fraction of sp³-hybridized carbons (Fsp3) is 0.400. The van der Waals surface area contributed by atoms with E-state index in [4.69, 9.17) is 16.3 Å². The summed E-state index contributed by atoms with van der Waals surface area (Å²) in [6.45, 7) is 9.03. The van der Waals surface area contributed by atoms with Crippen LogP contribution in [0.3, 0.4) is 0 Å². The highest BCUT2D eigenvalue weighted by Gasteiger charge is 2.28. The smallest absolute Gasteiger partial charge is 0.265 e. The molecule has 0 bridgehead atoms. The number of nitrogens with zero attached hydrogens (tertiary/aromatic N) is 6. The lowest BCUT2D eigenvalue weighted by Crippen LogP contribution is -2.38. The first-order chi connectivity index (χ1) is 19.8. The third kappa shape index (κ3) is 6.47. The van der Waals surface area contributed by atoms with Gasteiger partial charge >= 0.3 is 0 Å². The van der Waals surface area contributed by atoms with Gasteiger partial charge in [-0.1, -0.05) is 38.4 Å². The van der Waals surface area contributed by atoms with E-state index in [0.29, 0.717) is 45.8 Å². The van der Waals surface area contributed by atoms with Crippen LogP contribution in [0.25, 0.3) is 22.2 Å². The number of nitriles is 1. The fourth-order valence-corrected chi connectivity index (χ4v) is 5.19. The Hall–Kier alpha value is -4.07. The Morgan fingerprint density at radius 1 is 1.24 bits per heavy atom. The molecule has 0 spiro atoms. The number of halogens is 1. The summed E-state index contributed by atoms with van der Waals surface area (Å²) in [5.41, 5.74) is 4.00. The van der Waals surface area contributed by atoms with E-state index >= 15 is 0 Å². The Labute approximate surface area is 244 Å². The Balaban J connectivity index is 0.000000423. The number of pyridine rings is 1. The monoisotopic (exact) mass is 572 g/mol. The van der Waals surface area contributed by atoms with Gasteiger partial charge in [0.15, 0.2) is 12.3 Å². The highest BCUT2D eigenvalue weighted by Crippen LogP contribution is 2.40. The number of anilines is 1. The van der Waals surface area contributed by atoms with Gasteiger partial charge in [0, 0.05) is 23.3 Å². The SMILES string of the molecule is CC(C)Cc1nc2[nH]ncc2c(-c2ccc3c(c2)OCC(=O)N3Cc2ncc(Cl)cn2)c1C#N.CC1CCCNC1. The standard InChI is InChI=1S/C24H20ClN7O2.C6H13N/c1-13(2)5-18-16(7-26)23(17-10-29-31-24(17)30-18)14-3-4-19-20(6-14)34-12-22(33)32(19)11-21-27-8-15(25)9-28-21;1-6-3-2-4-7-5-6/h3-4,6,8-10,13H,5,11-12H2,1-2H3,(H,29,30,31);6-7H,2-5H2,1H3. The zero-order chi connectivity index (χ0) is 28.9. The van der Waals surface area contributed by atoms with E-state index < -0.39 is 0 Å². The lowest BCUT2D eigenvalue weighted by atomic mass is 9.93. The molecule has 1 atom stereocenters. The molecule has 0 aliphatic carbocycles. The van der Waals surface area contributed by atoms with Crippen LogP contribution in [0.2, 0.25) is 5.02 Å². The molecule has 0 radical (unpaired) electrons. The van der Waals surface area contributed by atoms with Crippen molar-refractivity contribution in [3.05, 3.63) is 58.9 Å². The van der Waals surface area contributed by atoms with Crippen LogP contribution in [0.1, 0.15) is 50.7 Å². The number of H-pyrrole nitrogens is 1. The molecule has 212 valence electrons. The fourth-order valence-electron chi connectivity index (χ4n) is 5.09. The Morgan fingerprint density at radius 2 is 2.05 bits per heavy atom. The van der Waals surface area contributed by atoms with Crippen LogP contribution in [-0.4, -0.2) is 50.8 Å². The van der Waals surface area contributed by atoms with Crippen molar-refractivity contribution in [1.29, 1.82) is 5.26 Å². The van der Waals surface area contributed by atoms with Gasteiger partial charge < -0.3 is 10.1 Å².